The molecule has 0 aliphatic heterocycles. The molecule has 2 rings (SSSR count). The molecule has 24 heavy (non-hydrogen) atoms. The van der Waals surface area contributed by atoms with Crippen molar-refractivity contribution in [1.82, 2.24) is 15.1 Å². The smallest absolute Gasteiger partial charge is 0.238 e. The highest BCUT2D eigenvalue weighted by Gasteiger charge is 2.28. The lowest BCUT2D eigenvalue weighted by atomic mass is 10.3. The number of carbonyl (C=O) groups is 1. The van der Waals surface area contributed by atoms with Crippen molar-refractivity contribution >= 4 is 15.7 Å². The fraction of sp³-hybridized carbons (Fsp3) is 0.250. The number of sulfone groups is 1. The van der Waals surface area contributed by atoms with Crippen LogP contribution in [-0.4, -0.2) is 35.9 Å². The third-order valence-corrected chi connectivity index (χ3v) is 5.38. The normalized spacial score (nSPS) is 12.6. The topological polar surface area (TPSA) is 81.1 Å². The van der Waals surface area contributed by atoms with Crippen molar-refractivity contribution in [1.29, 1.82) is 0 Å². The van der Waals surface area contributed by atoms with E-state index in [-0.39, 0.29) is 18.0 Å². The molecular weight excluding hydrogens is 333 g/mol. The molecule has 8 heteroatoms. The third-order valence-electron chi connectivity index (χ3n) is 3.39. The Morgan fingerprint density at radius 1 is 1.46 bits per heavy atom. The highest BCUT2D eigenvalue weighted by atomic mass is 32.2. The third kappa shape index (κ3) is 4.29. The number of nitrogens with one attached hydrogen (secondary N) is 1. The van der Waals surface area contributed by atoms with Crippen LogP contribution < -0.4 is 5.32 Å². The van der Waals surface area contributed by atoms with Gasteiger partial charge in [0.25, 0.3) is 0 Å². The summed E-state index contributed by atoms with van der Waals surface area (Å²) in [4.78, 5) is 11.8. The minimum Gasteiger partial charge on any atom is -0.352 e. The molecule has 0 saturated heterocycles. The molecule has 1 heterocycles. The Morgan fingerprint density at radius 3 is 2.88 bits per heavy atom. The van der Waals surface area contributed by atoms with Crippen LogP contribution in [0.3, 0.4) is 0 Å². The number of aromatic nitrogens is 2. The molecular formula is C16H18FN3O3S. The summed E-state index contributed by atoms with van der Waals surface area (Å²) in [6.07, 6.45) is 3.01. The van der Waals surface area contributed by atoms with E-state index < -0.39 is 26.8 Å². The first-order chi connectivity index (χ1) is 11.3. The van der Waals surface area contributed by atoms with Crippen molar-refractivity contribution in [2.75, 3.05) is 6.54 Å². The molecule has 0 saturated carbocycles. The summed E-state index contributed by atoms with van der Waals surface area (Å²) in [5.74, 6) is -1.37. The van der Waals surface area contributed by atoms with Gasteiger partial charge in [-0.05, 0) is 31.2 Å². The zero-order valence-corrected chi connectivity index (χ0v) is 14.0. The quantitative estimate of drug-likeness (QED) is 0.769. The number of nitrogens with zero attached hydrogens (tertiary/aromatic N) is 2. The molecule has 0 bridgehead atoms. The monoisotopic (exact) mass is 351 g/mol. The van der Waals surface area contributed by atoms with E-state index in [1.807, 2.05) is 0 Å². The van der Waals surface area contributed by atoms with Gasteiger partial charge in [-0.1, -0.05) is 12.1 Å². The minimum absolute atomic E-state index is 0.201. The molecule has 1 unspecified atom stereocenters. The number of hydrogen-bond acceptors (Lipinski definition) is 4. The summed E-state index contributed by atoms with van der Waals surface area (Å²) in [6, 6.07) is 7.31. The van der Waals surface area contributed by atoms with Gasteiger partial charge in [0.05, 0.1) is 17.1 Å². The van der Waals surface area contributed by atoms with Gasteiger partial charge in [0.1, 0.15) is 11.1 Å². The van der Waals surface area contributed by atoms with Crippen LogP contribution in [0, 0.1) is 5.82 Å². The molecule has 0 spiro atoms. The number of hydrogen-bond donors (Lipinski definition) is 1. The van der Waals surface area contributed by atoms with Crippen molar-refractivity contribution in [2.24, 2.45) is 0 Å². The van der Waals surface area contributed by atoms with E-state index in [2.05, 4.69) is 17.0 Å². The predicted molar refractivity (Wildman–Crippen MR) is 88.8 cm³/mol. The van der Waals surface area contributed by atoms with Gasteiger partial charge in [-0.15, -0.1) is 6.58 Å². The lowest BCUT2D eigenvalue weighted by molar-refractivity contribution is -0.120. The van der Waals surface area contributed by atoms with Gasteiger partial charge in [0, 0.05) is 12.7 Å². The maximum atomic E-state index is 13.2. The minimum atomic E-state index is -3.72. The Kier molecular flexibility index (Phi) is 5.50. The van der Waals surface area contributed by atoms with Crippen LogP contribution in [0.15, 0.2) is 49.2 Å². The summed E-state index contributed by atoms with van der Waals surface area (Å²) >= 11 is 0. The van der Waals surface area contributed by atoms with Gasteiger partial charge in [-0.25, -0.2) is 17.5 Å². The summed E-state index contributed by atoms with van der Waals surface area (Å²) in [5, 5.41) is 5.39. The average molecular weight is 351 g/mol. The first-order valence-electron chi connectivity index (χ1n) is 7.24. The Balaban J connectivity index is 2.13. The molecule has 1 N–H and O–H groups in total. The van der Waals surface area contributed by atoms with Crippen molar-refractivity contribution in [3.8, 4) is 5.69 Å². The number of amides is 1. The van der Waals surface area contributed by atoms with Gasteiger partial charge in [0.15, 0.2) is 9.84 Å². The first-order valence-corrected chi connectivity index (χ1v) is 8.95. The van der Waals surface area contributed by atoms with E-state index in [1.165, 1.54) is 41.9 Å². The Morgan fingerprint density at radius 2 is 2.21 bits per heavy atom. The Bertz CT molecular complexity index is 846. The van der Waals surface area contributed by atoms with Gasteiger partial charge in [-0.3, -0.25) is 4.79 Å². The predicted octanol–water partition coefficient (Wildman–Crippen LogP) is 1.62. The summed E-state index contributed by atoms with van der Waals surface area (Å²) in [5.41, 5.74) is 0.762. The van der Waals surface area contributed by atoms with E-state index in [4.69, 9.17) is 0 Å². The highest BCUT2D eigenvalue weighted by molar-refractivity contribution is 7.92. The van der Waals surface area contributed by atoms with Crippen molar-refractivity contribution in [3.63, 3.8) is 0 Å². The fourth-order valence-corrected chi connectivity index (χ4v) is 3.24. The molecule has 6 nitrogen and oxygen atoms in total. The van der Waals surface area contributed by atoms with Gasteiger partial charge in [-0.2, -0.15) is 5.10 Å². The van der Waals surface area contributed by atoms with Crippen LogP contribution in [-0.2, 0) is 20.4 Å². The first kappa shape index (κ1) is 17.9. The maximum Gasteiger partial charge on any atom is 0.238 e. The fourth-order valence-electron chi connectivity index (χ4n) is 2.01. The Labute approximate surface area is 139 Å². The van der Waals surface area contributed by atoms with Gasteiger partial charge >= 0.3 is 0 Å². The van der Waals surface area contributed by atoms with Crippen LogP contribution in [0.2, 0.25) is 0 Å². The summed E-state index contributed by atoms with van der Waals surface area (Å²) in [7, 11) is -3.72. The summed E-state index contributed by atoms with van der Waals surface area (Å²) in [6.45, 7) is 4.99. The van der Waals surface area contributed by atoms with Crippen LogP contribution >= 0.6 is 0 Å². The molecule has 1 amide bonds. The van der Waals surface area contributed by atoms with Crippen molar-refractivity contribution < 1.29 is 17.6 Å². The lowest BCUT2D eigenvalue weighted by Crippen LogP contribution is -2.38. The van der Waals surface area contributed by atoms with Gasteiger partial charge < -0.3 is 5.32 Å². The van der Waals surface area contributed by atoms with E-state index >= 15 is 0 Å². The van der Waals surface area contributed by atoms with E-state index in [0.29, 0.717) is 5.69 Å². The molecule has 1 atom stereocenters. The van der Waals surface area contributed by atoms with E-state index in [1.54, 1.807) is 12.3 Å². The second-order valence-electron chi connectivity index (χ2n) is 5.21. The average Bonchev–Trinajstić information content (AvgIpc) is 2.99. The molecule has 128 valence electrons. The molecule has 0 radical (unpaired) electrons. The number of rotatable bonds is 7. The second kappa shape index (κ2) is 7.39. The zero-order chi connectivity index (χ0) is 17.7. The standard InChI is InChI=1S/C16H18FN3O3S/c1-3-8-18-16(21)12(2)24(22,23)11-14-7-9-20(19-14)15-6-4-5-13(17)10-15/h3-7,9-10,12H,1,8,11H2,2H3,(H,18,21). The zero-order valence-electron chi connectivity index (χ0n) is 13.1. The number of halogens is 1. The molecule has 1 aromatic carbocycles. The van der Waals surface area contributed by atoms with E-state index in [0.717, 1.165) is 0 Å². The highest BCUT2D eigenvalue weighted by Crippen LogP contribution is 2.13. The largest absolute Gasteiger partial charge is 0.352 e. The maximum absolute atomic E-state index is 13.2. The molecule has 0 aliphatic rings. The van der Waals surface area contributed by atoms with E-state index in [9.17, 15) is 17.6 Å². The second-order valence-corrected chi connectivity index (χ2v) is 7.54. The van der Waals surface area contributed by atoms with Crippen LogP contribution in [0.4, 0.5) is 4.39 Å². The Hall–Kier alpha value is -2.48. The number of carbonyl (C=O) groups excluding carboxylic acids is 1. The van der Waals surface area contributed by atoms with Crippen LogP contribution in [0.25, 0.3) is 5.69 Å². The molecule has 0 aliphatic carbocycles. The molecule has 0 fully saturated rings. The van der Waals surface area contributed by atoms with Crippen LogP contribution in [0.5, 0.6) is 0 Å². The van der Waals surface area contributed by atoms with Crippen molar-refractivity contribution in [3.05, 3.63) is 60.7 Å². The molecule has 2 aromatic rings. The van der Waals surface area contributed by atoms with Gasteiger partial charge in [0.2, 0.25) is 5.91 Å². The van der Waals surface area contributed by atoms with Crippen LogP contribution in [0.1, 0.15) is 12.6 Å². The SMILES string of the molecule is C=CCNC(=O)C(C)S(=O)(=O)Cc1ccn(-c2cccc(F)c2)n1. The number of benzene rings is 1. The van der Waals surface area contributed by atoms with Crippen molar-refractivity contribution in [2.45, 2.75) is 17.9 Å². The lowest BCUT2D eigenvalue weighted by Gasteiger charge is -2.11. The molecule has 1 aromatic heterocycles. The summed E-state index contributed by atoms with van der Waals surface area (Å²) < 4.78 is 39.2.